The predicted octanol–water partition coefficient (Wildman–Crippen LogP) is 3.19. The molecule has 1 fully saturated rings. The minimum absolute atomic E-state index is 0.0223. The van der Waals surface area contributed by atoms with Crippen LogP contribution in [-0.2, 0) is 14.8 Å². The number of hydrogen-bond acceptors (Lipinski definition) is 3. The fourth-order valence-electron chi connectivity index (χ4n) is 2.45. The second kappa shape index (κ2) is 6.77. The summed E-state index contributed by atoms with van der Waals surface area (Å²) in [5, 5.41) is 0. The summed E-state index contributed by atoms with van der Waals surface area (Å²) in [6.07, 6.45) is 2.22. The van der Waals surface area contributed by atoms with Crippen LogP contribution in [0.4, 0.5) is 0 Å². The van der Waals surface area contributed by atoms with E-state index in [2.05, 4.69) is 15.9 Å². The van der Waals surface area contributed by atoms with Gasteiger partial charge in [0.2, 0.25) is 10.0 Å². The molecule has 6 heteroatoms. The largest absolute Gasteiger partial charge is 0.383 e. The molecule has 0 aromatic heterocycles. The Kier molecular flexibility index (Phi) is 5.46. The van der Waals surface area contributed by atoms with Gasteiger partial charge in [0.15, 0.2) is 0 Å². The third kappa shape index (κ3) is 3.86. The summed E-state index contributed by atoms with van der Waals surface area (Å²) in [6.45, 7) is 4.70. The Labute approximate surface area is 135 Å². The Morgan fingerprint density at radius 3 is 2.62 bits per heavy atom. The van der Waals surface area contributed by atoms with E-state index in [9.17, 15) is 8.42 Å². The molecule has 1 aliphatic rings. The number of nitrogens with zero attached hydrogens (tertiary/aromatic N) is 1. The second-order valence-electron chi connectivity index (χ2n) is 5.60. The number of aryl methyl sites for hydroxylation is 1. The quantitative estimate of drug-likeness (QED) is 0.734. The fourth-order valence-corrected chi connectivity index (χ4v) is 4.46. The van der Waals surface area contributed by atoms with Crippen molar-refractivity contribution >= 4 is 26.0 Å². The van der Waals surface area contributed by atoms with E-state index in [0.29, 0.717) is 24.0 Å². The molecule has 1 atom stereocenters. The predicted molar refractivity (Wildman–Crippen MR) is 86.8 cm³/mol. The van der Waals surface area contributed by atoms with Crippen LogP contribution in [0, 0.1) is 12.8 Å². The summed E-state index contributed by atoms with van der Waals surface area (Å²) < 4.78 is 33.5. The summed E-state index contributed by atoms with van der Waals surface area (Å²) in [4.78, 5) is 0.354. The summed E-state index contributed by atoms with van der Waals surface area (Å²) >= 11 is 3.41. The van der Waals surface area contributed by atoms with Gasteiger partial charge >= 0.3 is 0 Å². The van der Waals surface area contributed by atoms with E-state index < -0.39 is 10.0 Å². The van der Waals surface area contributed by atoms with Crippen LogP contribution in [0.5, 0.6) is 0 Å². The molecule has 0 aliphatic heterocycles. The lowest BCUT2D eigenvalue weighted by molar-refractivity contribution is 0.164. The summed E-state index contributed by atoms with van der Waals surface area (Å²) in [5.74, 6) is 0.480. The second-order valence-corrected chi connectivity index (χ2v) is 8.34. The Morgan fingerprint density at radius 1 is 1.43 bits per heavy atom. The number of halogens is 1. The zero-order valence-corrected chi connectivity index (χ0v) is 15.1. The van der Waals surface area contributed by atoms with E-state index in [-0.39, 0.29) is 6.04 Å². The molecule has 0 saturated heterocycles. The van der Waals surface area contributed by atoms with Crippen LogP contribution >= 0.6 is 15.9 Å². The van der Waals surface area contributed by atoms with E-state index in [1.54, 1.807) is 29.6 Å². The van der Waals surface area contributed by atoms with Gasteiger partial charge in [0.05, 0.1) is 11.5 Å². The number of sulfonamides is 1. The molecule has 0 bridgehead atoms. The minimum atomic E-state index is -3.48. The topological polar surface area (TPSA) is 46.6 Å². The fraction of sp³-hybridized carbons (Fsp3) is 0.600. The van der Waals surface area contributed by atoms with Crippen LogP contribution in [0.25, 0.3) is 0 Å². The maximum atomic E-state index is 12.9. The van der Waals surface area contributed by atoms with Gasteiger partial charge in [-0.15, -0.1) is 0 Å². The molecular formula is C15H22BrNO3S. The highest BCUT2D eigenvalue weighted by atomic mass is 79.9. The molecule has 0 N–H and O–H groups in total. The average Bonchev–Trinajstić information content (AvgIpc) is 3.26. The van der Waals surface area contributed by atoms with Gasteiger partial charge in [-0.1, -0.05) is 15.9 Å². The molecule has 0 heterocycles. The molecule has 1 unspecified atom stereocenters. The highest BCUT2D eigenvalue weighted by molar-refractivity contribution is 9.10. The first-order chi connectivity index (χ1) is 9.87. The molecule has 1 aromatic rings. The maximum Gasteiger partial charge on any atom is 0.243 e. The van der Waals surface area contributed by atoms with Crippen molar-refractivity contribution in [3.05, 3.63) is 28.2 Å². The smallest absolute Gasteiger partial charge is 0.243 e. The van der Waals surface area contributed by atoms with Crippen LogP contribution in [-0.4, -0.2) is 39.0 Å². The zero-order valence-electron chi connectivity index (χ0n) is 12.7. The number of benzene rings is 1. The standard InChI is InChI=1S/C15H22BrNO3S/c1-11-10-14(6-7-15(11)16)21(18,19)17(8-9-20-3)12(2)13-4-5-13/h6-7,10,12-13H,4-5,8-9H2,1-3H3. The SMILES string of the molecule is COCCN(C(C)C1CC1)S(=O)(=O)c1ccc(Br)c(C)c1. The van der Waals surface area contributed by atoms with Gasteiger partial charge in [-0.25, -0.2) is 8.42 Å². The number of hydrogen-bond donors (Lipinski definition) is 0. The van der Waals surface area contributed by atoms with Gasteiger partial charge in [-0.2, -0.15) is 4.31 Å². The van der Waals surface area contributed by atoms with Crippen LogP contribution < -0.4 is 0 Å². The first kappa shape index (κ1) is 16.9. The van der Waals surface area contributed by atoms with Crippen molar-refractivity contribution < 1.29 is 13.2 Å². The monoisotopic (exact) mass is 375 g/mol. The van der Waals surface area contributed by atoms with E-state index in [1.807, 2.05) is 13.8 Å². The van der Waals surface area contributed by atoms with E-state index in [1.165, 1.54) is 0 Å². The molecule has 118 valence electrons. The molecule has 2 rings (SSSR count). The number of ether oxygens (including phenoxy) is 1. The summed E-state index contributed by atoms with van der Waals surface area (Å²) in [7, 11) is -1.89. The summed E-state index contributed by atoms with van der Waals surface area (Å²) in [6, 6.07) is 5.19. The van der Waals surface area contributed by atoms with Crippen molar-refractivity contribution in [1.82, 2.24) is 4.31 Å². The normalized spacial score (nSPS) is 17.2. The lowest BCUT2D eigenvalue weighted by Gasteiger charge is -2.28. The molecule has 0 radical (unpaired) electrons. The molecule has 21 heavy (non-hydrogen) atoms. The Balaban J connectivity index is 2.33. The highest BCUT2D eigenvalue weighted by Crippen LogP contribution is 2.37. The Hall–Kier alpha value is -0.430. The van der Waals surface area contributed by atoms with Crippen molar-refractivity contribution in [3.8, 4) is 0 Å². The summed E-state index contributed by atoms with van der Waals surface area (Å²) in [5.41, 5.74) is 0.918. The third-order valence-corrected chi connectivity index (χ3v) is 6.88. The molecule has 0 amide bonds. The molecule has 1 aromatic carbocycles. The van der Waals surface area contributed by atoms with Crippen LogP contribution in [0.2, 0.25) is 0 Å². The van der Waals surface area contributed by atoms with Crippen molar-refractivity contribution in [2.75, 3.05) is 20.3 Å². The third-order valence-electron chi connectivity index (χ3n) is 4.01. The van der Waals surface area contributed by atoms with Crippen molar-refractivity contribution in [2.45, 2.75) is 37.6 Å². The lowest BCUT2D eigenvalue weighted by atomic mass is 10.2. The number of rotatable bonds is 7. The van der Waals surface area contributed by atoms with E-state index in [4.69, 9.17) is 4.74 Å². The number of methoxy groups -OCH3 is 1. The average molecular weight is 376 g/mol. The minimum Gasteiger partial charge on any atom is -0.383 e. The van der Waals surface area contributed by atoms with E-state index >= 15 is 0 Å². The van der Waals surface area contributed by atoms with Gasteiger partial charge in [0.25, 0.3) is 0 Å². The lowest BCUT2D eigenvalue weighted by Crippen LogP contribution is -2.41. The molecule has 4 nitrogen and oxygen atoms in total. The van der Waals surface area contributed by atoms with Crippen LogP contribution in [0.3, 0.4) is 0 Å². The first-order valence-corrected chi connectivity index (χ1v) is 9.38. The van der Waals surface area contributed by atoms with Crippen LogP contribution in [0.15, 0.2) is 27.6 Å². The maximum absolute atomic E-state index is 12.9. The van der Waals surface area contributed by atoms with Crippen LogP contribution in [0.1, 0.15) is 25.3 Å². The highest BCUT2D eigenvalue weighted by Gasteiger charge is 2.38. The van der Waals surface area contributed by atoms with Crippen molar-refractivity contribution in [2.24, 2.45) is 5.92 Å². The molecule has 0 spiro atoms. The van der Waals surface area contributed by atoms with Gasteiger partial charge in [-0.05, 0) is 56.4 Å². The van der Waals surface area contributed by atoms with E-state index in [0.717, 1.165) is 22.9 Å². The zero-order chi connectivity index (χ0) is 15.6. The molecular weight excluding hydrogens is 354 g/mol. The Morgan fingerprint density at radius 2 is 2.10 bits per heavy atom. The molecule has 1 aliphatic carbocycles. The van der Waals surface area contributed by atoms with Gasteiger partial charge in [0, 0.05) is 24.2 Å². The van der Waals surface area contributed by atoms with Gasteiger partial charge in [0.1, 0.15) is 0 Å². The first-order valence-electron chi connectivity index (χ1n) is 7.15. The Bertz CT molecular complexity index is 599. The van der Waals surface area contributed by atoms with Crippen molar-refractivity contribution in [1.29, 1.82) is 0 Å². The van der Waals surface area contributed by atoms with Gasteiger partial charge < -0.3 is 4.74 Å². The molecule has 1 saturated carbocycles. The van der Waals surface area contributed by atoms with Gasteiger partial charge in [-0.3, -0.25) is 0 Å². The van der Waals surface area contributed by atoms with Crippen molar-refractivity contribution in [3.63, 3.8) is 0 Å².